The van der Waals surface area contributed by atoms with Gasteiger partial charge in [0.05, 0.1) is 0 Å². The molecule has 21 heavy (non-hydrogen) atoms. The van der Waals surface area contributed by atoms with Crippen molar-refractivity contribution in [3.05, 3.63) is 29.8 Å². The van der Waals surface area contributed by atoms with Gasteiger partial charge in [-0.2, -0.15) is 0 Å². The molecule has 0 aromatic heterocycles. The van der Waals surface area contributed by atoms with Crippen molar-refractivity contribution in [3.63, 3.8) is 0 Å². The van der Waals surface area contributed by atoms with Crippen molar-refractivity contribution >= 4 is 0 Å². The standard InChI is InChI=1S/C18H31NO2/c1-5-7-12-19(6-2)13-16(20)14-21-18-11-9-8-10-17(18)15(3)4/h8-11,15-16,20H,5-7,12-14H2,1-4H3/t16-/m1/s1. The minimum absolute atomic E-state index is 0.354. The molecule has 0 radical (unpaired) electrons. The van der Waals surface area contributed by atoms with Gasteiger partial charge in [-0.1, -0.05) is 52.3 Å². The molecule has 0 aliphatic rings. The minimum atomic E-state index is -0.443. The van der Waals surface area contributed by atoms with Crippen molar-refractivity contribution in [1.29, 1.82) is 0 Å². The Kier molecular flexibility index (Phi) is 8.40. The highest BCUT2D eigenvalue weighted by atomic mass is 16.5. The van der Waals surface area contributed by atoms with Crippen molar-refractivity contribution in [2.45, 2.75) is 52.6 Å². The second kappa shape index (κ2) is 9.80. The Morgan fingerprint density at radius 3 is 2.52 bits per heavy atom. The molecule has 1 aromatic carbocycles. The summed E-state index contributed by atoms with van der Waals surface area (Å²) in [6.45, 7) is 11.7. The molecule has 0 aliphatic heterocycles. The lowest BCUT2D eigenvalue weighted by Gasteiger charge is -2.24. The van der Waals surface area contributed by atoms with Gasteiger partial charge in [-0.05, 0) is 37.1 Å². The van der Waals surface area contributed by atoms with E-state index in [2.05, 4.69) is 38.7 Å². The van der Waals surface area contributed by atoms with E-state index in [9.17, 15) is 5.11 Å². The Morgan fingerprint density at radius 2 is 1.90 bits per heavy atom. The molecule has 0 saturated carbocycles. The zero-order valence-electron chi connectivity index (χ0n) is 14.0. The fourth-order valence-corrected chi connectivity index (χ4v) is 2.39. The predicted molar refractivity (Wildman–Crippen MR) is 89.1 cm³/mol. The van der Waals surface area contributed by atoms with Gasteiger partial charge in [-0.15, -0.1) is 0 Å². The molecular formula is C18H31NO2. The molecule has 120 valence electrons. The van der Waals surface area contributed by atoms with Crippen LogP contribution in [0.2, 0.25) is 0 Å². The maximum Gasteiger partial charge on any atom is 0.122 e. The molecule has 0 heterocycles. The molecule has 1 rings (SSSR count). The molecule has 0 bridgehead atoms. The number of ether oxygens (including phenoxy) is 1. The molecule has 3 heteroatoms. The molecule has 1 aromatic rings. The maximum atomic E-state index is 10.2. The molecule has 0 saturated heterocycles. The van der Waals surface area contributed by atoms with Crippen LogP contribution in [0.4, 0.5) is 0 Å². The lowest BCUT2D eigenvalue weighted by molar-refractivity contribution is 0.0690. The van der Waals surface area contributed by atoms with Crippen LogP contribution in [0.1, 0.15) is 52.0 Å². The Morgan fingerprint density at radius 1 is 1.19 bits per heavy atom. The zero-order valence-corrected chi connectivity index (χ0v) is 14.0. The quantitative estimate of drug-likeness (QED) is 0.714. The SMILES string of the molecule is CCCCN(CC)C[C@@H](O)COc1ccccc1C(C)C. The Balaban J connectivity index is 2.47. The van der Waals surface area contributed by atoms with Crippen LogP contribution in [-0.4, -0.2) is 42.4 Å². The zero-order chi connectivity index (χ0) is 15.7. The number of likely N-dealkylation sites (N-methyl/N-ethyl adjacent to an activating group) is 1. The molecule has 0 spiro atoms. The first-order chi connectivity index (χ1) is 10.1. The average Bonchev–Trinajstić information content (AvgIpc) is 2.49. The van der Waals surface area contributed by atoms with Gasteiger partial charge < -0.3 is 14.7 Å². The van der Waals surface area contributed by atoms with E-state index in [0.717, 1.165) is 18.8 Å². The van der Waals surface area contributed by atoms with Crippen LogP contribution in [0.25, 0.3) is 0 Å². The normalized spacial score (nSPS) is 12.9. The summed E-state index contributed by atoms with van der Waals surface area (Å²) in [6, 6.07) is 8.08. The number of unbranched alkanes of at least 4 members (excludes halogenated alkanes) is 1. The summed E-state index contributed by atoms with van der Waals surface area (Å²) in [7, 11) is 0. The highest BCUT2D eigenvalue weighted by Crippen LogP contribution is 2.25. The molecule has 0 unspecified atom stereocenters. The van der Waals surface area contributed by atoms with Gasteiger partial charge in [-0.25, -0.2) is 0 Å². The largest absolute Gasteiger partial charge is 0.491 e. The van der Waals surface area contributed by atoms with Gasteiger partial charge >= 0.3 is 0 Å². The minimum Gasteiger partial charge on any atom is -0.491 e. The van der Waals surface area contributed by atoms with E-state index in [0.29, 0.717) is 19.1 Å². The monoisotopic (exact) mass is 293 g/mol. The third-order valence-corrected chi connectivity index (χ3v) is 3.72. The van der Waals surface area contributed by atoms with E-state index in [1.807, 2.05) is 18.2 Å². The third kappa shape index (κ3) is 6.49. The van der Waals surface area contributed by atoms with Crippen molar-refractivity contribution in [1.82, 2.24) is 4.90 Å². The van der Waals surface area contributed by atoms with E-state index in [4.69, 9.17) is 4.74 Å². The Hall–Kier alpha value is -1.06. The fraction of sp³-hybridized carbons (Fsp3) is 0.667. The molecule has 1 N–H and O–H groups in total. The number of aliphatic hydroxyl groups excluding tert-OH is 1. The van der Waals surface area contributed by atoms with Gasteiger partial charge in [0.1, 0.15) is 18.5 Å². The number of aliphatic hydroxyl groups is 1. The number of para-hydroxylation sites is 1. The summed E-state index contributed by atoms with van der Waals surface area (Å²) >= 11 is 0. The average molecular weight is 293 g/mol. The molecule has 0 fully saturated rings. The Labute approximate surface area is 129 Å². The topological polar surface area (TPSA) is 32.7 Å². The lowest BCUT2D eigenvalue weighted by Crippen LogP contribution is -2.36. The Bertz CT molecular complexity index is 393. The third-order valence-electron chi connectivity index (χ3n) is 3.72. The van der Waals surface area contributed by atoms with Crippen LogP contribution in [-0.2, 0) is 0 Å². The summed E-state index contributed by atoms with van der Waals surface area (Å²) in [4.78, 5) is 2.28. The number of hydrogen-bond donors (Lipinski definition) is 1. The smallest absolute Gasteiger partial charge is 0.122 e. The number of rotatable bonds is 10. The molecule has 1 atom stereocenters. The second-order valence-electron chi connectivity index (χ2n) is 5.90. The van der Waals surface area contributed by atoms with Crippen LogP contribution >= 0.6 is 0 Å². The van der Waals surface area contributed by atoms with E-state index in [1.54, 1.807) is 0 Å². The van der Waals surface area contributed by atoms with Crippen molar-refractivity contribution in [2.75, 3.05) is 26.2 Å². The van der Waals surface area contributed by atoms with E-state index in [1.165, 1.54) is 18.4 Å². The van der Waals surface area contributed by atoms with E-state index < -0.39 is 6.10 Å². The lowest BCUT2D eigenvalue weighted by atomic mass is 10.0. The summed E-state index contributed by atoms with van der Waals surface area (Å²) in [5, 5.41) is 10.2. The maximum absolute atomic E-state index is 10.2. The highest BCUT2D eigenvalue weighted by Gasteiger charge is 2.13. The molecular weight excluding hydrogens is 262 g/mol. The van der Waals surface area contributed by atoms with Crippen LogP contribution < -0.4 is 4.74 Å². The first-order valence-electron chi connectivity index (χ1n) is 8.20. The van der Waals surface area contributed by atoms with Crippen LogP contribution in [0, 0.1) is 0 Å². The fourth-order valence-electron chi connectivity index (χ4n) is 2.39. The van der Waals surface area contributed by atoms with Gasteiger partial charge in [0.2, 0.25) is 0 Å². The van der Waals surface area contributed by atoms with Crippen molar-refractivity contribution in [3.8, 4) is 5.75 Å². The molecule has 3 nitrogen and oxygen atoms in total. The number of hydrogen-bond acceptors (Lipinski definition) is 3. The van der Waals surface area contributed by atoms with Crippen molar-refractivity contribution in [2.24, 2.45) is 0 Å². The second-order valence-corrected chi connectivity index (χ2v) is 5.90. The summed E-state index contributed by atoms with van der Waals surface area (Å²) in [6.07, 6.45) is 1.92. The van der Waals surface area contributed by atoms with Crippen LogP contribution in [0.3, 0.4) is 0 Å². The first kappa shape index (κ1) is 18.0. The van der Waals surface area contributed by atoms with E-state index >= 15 is 0 Å². The predicted octanol–water partition coefficient (Wildman–Crippen LogP) is 3.67. The highest BCUT2D eigenvalue weighted by molar-refractivity contribution is 5.35. The molecule has 0 amide bonds. The summed E-state index contributed by atoms with van der Waals surface area (Å²) in [5.41, 5.74) is 1.20. The number of nitrogens with zero attached hydrogens (tertiary/aromatic N) is 1. The summed E-state index contributed by atoms with van der Waals surface area (Å²) < 4.78 is 5.83. The van der Waals surface area contributed by atoms with Crippen LogP contribution in [0.5, 0.6) is 5.75 Å². The summed E-state index contributed by atoms with van der Waals surface area (Å²) in [5.74, 6) is 1.32. The van der Waals surface area contributed by atoms with Gasteiger partial charge in [-0.3, -0.25) is 0 Å². The number of benzene rings is 1. The first-order valence-corrected chi connectivity index (χ1v) is 8.20. The van der Waals surface area contributed by atoms with Crippen molar-refractivity contribution < 1.29 is 9.84 Å². The van der Waals surface area contributed by atoms with Gasteiger partial charge in [0, 0.05) is 6.54 Å². The molecule has 0 aliphatic carbocycles. The van der Waals surface area contributed by atoms with Gasteiger partial charge in [0.15, 0.2) is 0 Å². The van der Waals surface area contributed by atoms with E-state index in [-0.39, 0.29) is 0 Å². The van der Waals surface area contributed by atoms with Crippen LogP contribution in [0.15, 0.2) is 24.3 Å². The van der Waals surface area contributed by atoms with Gasteiger partial charge in [0.25, 0.3) is 0 Å².